The molecule has 1 rings (SSSR count). The molecule has 0 aromatic carbocycles. The molecule has 1 aliphatic rings. The lowest BCUT2D eigenvalue weighted by molar-refractivity contribution is -0.887. The van der Waals surface area contributed by atoms with Crippen LogP contribution in [0.15, 0.2) is 0 Å². The summed E-state index contributed by atoms with van der Waals surface area (Å²) in [4.78, 5) is 1.87. The molecule has 0 bridgehead atoms. The fourth-order valence-corrected chi connectivity index (χ4v) is 2.46. The molecule has 0 amide bonds. The van der Waals surface area contributed by atoms with Crippen molar-refractivity contribution >= 4 is 0 Å². The second-order valence-corrected chi connectivity index (χ2v) is 4.83. The standard InChI is InChI=1S/C13H27N.CN/c1-2-3-4-5-6-7-8-11-14-12-9-10-13-14;1-2/h2-13H2,1H3;/q;-1/p+1. The van der Waals surface area contributed by atoms with E-state index in [-0.39, 0.29) is 0 Å². The molecular weight excluding hydrogens is 196 g/mol. The summed E-state index contributed by atoms with van der Waals surface area (Å²) in [6.07, 6.45) is 13.1. The molecular formula is C14H28N2. The van der Waals surface area contributed by atoms with Gasteiger partial charge in [0.15, 0.2) is 0 Å². The van der Waals surface area contributed by atoms with Gasteiger partial charge in [-0.15, -0.1) is 0 Å². The number of likely N-dealkylation sites (tertiary alicyclic amines) is 1. The number of nitrogens with zero attached hydrogens (tertiary/aromatic N) is 1. The molecule has 1 heterocycles. The summed E-state index contributed by atoms with van der Waals surface area (Å²) < 4.78 is 0. The van der Waals surface area contributed by atoms with Crippen molar-refractivity contribution in [3.8, 4) is 0 Å². The maximum Gasteiger partial charge on any atom is 0.0773 e. The average Bonchev–Trinajstić information content (AvgIpc) is 2.84. The second kappa shape index (κ2) is 12.5. The predicted molar refractivity (Wildman–Crippen MR) is 67.8 cm³/mol. The Morgan fingerprint density at radius 2 is 1.38 bits per heavy atom. The molecule has 0 aliphatic carbocycles. The minimum atomic E-state index is 1.37. The largest absolute Gasteiger partial charge is 0.512 e. The minimum Gasteiger partial charge on any atom is -0.512 e. The maximum absolute atomic E-state index is 6.25. The highest BCUT2D eigenvalue weighted by atomic mass is 15.1. The summed E-state index contributed by atoms with van der Waals surface area (Å²) in [5.41, 5.74) is 0. The van der Waals surface area contributed by atoms with Crippen LogP contribution in [0.5, 0.6) is 0 Å². The minimum absolute atomic E-state index is 1.37. The zero-order valence-electron chi connectivity index (χ0n) is 10.9. The molecule has 0 radical (unpaired) electrons. The Balaban J connectivity index is 0.00000106. The first-order valence-corrected chi connectivity index (χ1v) is 6.99. The first-order chi connectivity index (χ1) is 7.93. The Labute approximate surface area is 102 Å². The summed E-state index contributed by atoms with van der Waals surface area (Å²) in [6.45, 7) is 11.4. The number of hydrogen-bond acceptors (Lipinski definition) is 1. The van der Waals surface area contributed by atoms with Gasteiger partial charge in [0.2, 0.25) is 0 Å². The molecule has 2 nitrogen and oxygen atoms in total. The summed E-state index contributed by atoms with van der Waals surface area (Å²) in [5, 5.41) is 6.25. The molecule has 0 atom stereocenters. The lowest BCUT2D eigenvalue weighted by Crippen LogP contribution is -3.09. The molecule has 1 fully saturated rings. The maximum atomic E-state index is 6.25. The van der Waals surface area contributed by atoms with Crippen molar-refractivity contribution in [3.05, 3.63) is 6.57 Å². The van der Waals surface area contributed by atoms with E-state index >= 15 is 0 Å². The van der Waals surface area contributed by atoms with Crippen LogP contribution in [0.2, 0.25) is 0 Å². The predicted octanol–water partition coefficient (Wildman–Crippen LogP) is 2.51. The van der Waals surface area contributed by atoms with Gasteiger partial charge in [0.05, 0.1) is 19.6 Å². The van der Waals surface area contributed by atoms with Crippen LogP contribution in [0, 0.1) is 11.8 Å². The van der Waals surface area contributed by atoms with E-state index in [1.165, 1.54) is 77.4 Å². The molecule has 0 saturated carbocycles. The van der Waals surface area contributed by atoms with Crippen molar-refractivity contribution in [3.63, 3.8) is 0 Å². The van der Waals surface area contributed by atoms with Crippen LogP contribution in [-0.4, -0.2) is 19.6 Å². The Bertz CT molecular complexity index is 148. The van der Waals surface area contributed by atoms with Gasteiger partial charge in [-0.3, -0.25) is 0 Å². The van der Waals surface area contributed by atoms with Crippen LogP contribution < -0.4 is 4.90 Å². The normalized spacial score (nSPS) is 15.7. The third-order valence-corrected chi connectivity index (χ3v) is 3.44. The molecule has 16 heavy (non-hydrogen) atoms. The van der Waals surface area contributed by atoms with Gasteiger partial charge in [-0.1, -0.05) is 39.0 Å². The molecule has 0 unspecified atom stereocenters. The number of unbranched alkanes of at least 4 members (excludes halogenated alkanes) is 6. The highest BCUT2D eigenvalue weighted by molar-refractivity contribution is 4.47. The highest BCUT2D eigenvalue weighted by Crippen LogP contribution is 2.06. The van der Waals surface area contributed by atoms with Gasteiger partial charge in [-0.25, -0.2) is 0 Å². The first-order valence-electron chi connectivity index (χ1n) is 6.99. The van der Waals surface area contributed by atoms with Crippen LogP contribution in [0.4, 0.5) is 0 Å². The van der Waals surface area contributed by atoms with E-state index in [9.17, 15) is 0 Å². The summed E-state index contributed by atoms with van der Waals surface area (Å²) in [5.74, 6) is 0. The van der Waals surface area contributed by atoms with Gasteiger partial charge in [-0.05, 0) is 12.8 Å². The van der Waals surface area contributed by atoms with E-state index in [2.05, 4.69) is 6.92 Å². The van der Waals surface area contributed by atoms with E-state index in [1.54, 1.807) is 0 Å². The topological polar surface area (TPSA) is 28.2 Å². The molecule has 0 aromatic rings. The molecule has 0 aromatic heterocycles. The summed E-state index contributed by atoms with van der Waals surface area (Å²) in [6, 6.07) is 0. The number of nitrogens with one attached hydrogen (secondary N) is 1. The van der Waals surface area contributed by atoms with Crippen molar-refractivity contribution in [2.75, 3.05) is 19.6 Å². The van der Waals surface area contributed by atoms with Crippen LogP contribution >= 0.6 is 0 Å². The van der Waals surface area contributed by atoms with Crippen LogP contribution in [-0.2, 0) is 0 Å². The van der Waals surface area contributed by atoms with Crippen LogP contribution in [0.1, 0.15) is 64.7 Å². The third-order valence-electron chi connectivity index (χ3n) is 3.44. The van der Waals surface area contributed by atoms with Crippen LogP contribution in [0.3, 0.4) is 0 Å². The van der Waals surface area contributed by atoms with Gasteiger partial charge in [0.25, 0.3) is 0 Å². The van der Waals surface area contributed by atoms with Crippen molar-refractivity contribution in [2.45, 2.75) is 64.7 Å². The van der Waals surface area contributed by atoms with E-state index in [0.29, 0.717) is 0 Å². The highest BCUT2D eigenvalue weighted by Gasteiger charge is 2.13. The summed E-state index contributed by atoms with van der Waals surface area (Å²) >= 11 is 0. The van der Waals surface area contributed by atoms with Crippen LogP contribution in [0.25, 0.3) is 0 Å². The van der Waals surface area contributed by atoms with E-state index in [1.807, 2.05) is 4.90 Å². The third kappa shape index (κ3) is 8.73. The number of quaternary nitrogens is 1. The fourth-order valence-electron chi connectivity index (χ4n) is 2.46. The van der Waals surface area contributed by atoms with Gasteiger partial charge >= 0.3 is 0 Å². The zero-order chi connectivity index (χ0) is 12.1. The van der Waals surface area contributed by atoms with Gasteiger partial charge in [-0.2, -0.15) is 0 Å². The lowest BCUT2D eigenvalue weighted by atomic mass is 10.1. The Morgan fingerprint density at radius 3 is 1.94 bits per heavy atom. The van der Waals surface area contributed by atoms with E-state index in [4.69, 9.17) is 11.8 Å². The first kappa shape index (κ1) is 15.4. The average molecular weight is 224 g/mol. The summed E-state index contributed by atoms with van der Waals surface area (Å²) in [7, 11) is 0. The SMILES string of the molecule is CCCCCCCCC[NH+]1CCCC1.[C-]#N. The van der Waals surface area contributed by atoms with Gasteiger partial charge < -0.3 is 16.7 Å². The second-order valence-electron chi connectivity index (χ2n) is 4.83. The van der Waals surface area contributed by atoms with Gasteiger partial charge in [0, 0.05) is 12.8 Å². The lowest BCUT2D eigenvalue weighted by Gasteiger charge is -2.11. The Hall–Kier alpha value is -0.550. The quantitative estimate of drug-likeness (QED) is 0.498. The molecule has 0 spiro atoms. The number of rotatable bonds is 8. The van der Waals surface area contributed by atoms with Gasteiger partial charge in [0.1, 0.15) is 0 Å². The molecule has 1 aliphatic heterocycles. The van der Waals surface area contributed by atoms with Crippen molar-refractivity contribution in [2.24, 2.45) is 0 Å². The Morgan fingerprint density at radius 1 is 0.875 bits per heavy atom. The van der Waals surface area contributed by atoms with Crippen molar-refractivity contribution in [1.82, 2.24) is 0 Å². The monoisotopic (exact) mass is 224 g/mol. The smallest absolute Gasteiger partial charge is 0.0773 e. The van der Waals surface area contributed by atoms with E-state index in [0.717, 1.165) is 0 Å². The Kier molecular flexibility index (Phi) is 12.1. The fraction of sp³-hybridized carbons (Fsp3) is 0.929. The van der Waals surface area contributed by atoms with E-state index < -0.39 is 0 Å². The molecule has 94 valence electrons. The van der Waals surface area contributed by atoms with Crippen molar-refractivity contribution < 1.29 is 4.90 Å². The zero-order valence-corrected chi connectivity index (χ0v) is 10.9. The van der Waals surface area contributed by atoms with Crippen molar-refractivity contribution in [1.29, 1.82) is 5.26 Å². The number of hydrogen-bond donors (Lipinski definition) is 1. The molecule has 2 heteroatoms. The molecule has 1 N–H and O–H groups in total. The molecule has 1 saturated heterocycles.